The van der Waals surface area contributed by atoms with Gasteiger partial charge in [0.25, 0.3) is 0 Å². The van der Waals surface area contributed by atoms with E-state index in [1.165, 1.54) is 12.0 Å². The summed E-state index contributed by atoms with van der Waals surface area (Å²) in [6.07, 6.45) is 3.30. The number of hydrogen-bond acceptors (Lipinski definition) is 5. The monoisotopic (exact) mass is 380 g/mol. The second-order valence-corrected chi connectivity index (χ2v) is 6.74. The van der Waals surface area contributed by atoms with E-state index >= 15 is 0 Å². The Hall–Kier alpha value is -3.08. The van der Waals surface area contributed by atoms with Crippen LogP contribution in [0.3, 0.4) is 0 Å². The molecule has 5 nitrogen and oxygen atoms in total. The van der Waals surface area contributed by atoms with Crippen molar-refractivity contribution in [2.45, 2.75) is 19.3 Å². The van der Waals surface area contributed by atoms with Gasteiger partial charge in [0.2, 0.25) is 5.75 Å². The van der Waals surface area contributed by atoms with Crippen LogP contribution in [0.1, 0.15) is 30.6 Å². The molecule has 1 heterocycles. The van der Waals surface area contributed by atoms with E-state index in [-0.39, 0.29) is 0 Å². The van der Waals surface area contributed by atoms with Crippen molar-refractivity contribution in [1.29, 1.82) is 0 Å². The van der Waals surface area contributed by atoms with Gasteiger partial charge < -0.3 is 23.4 Å². The van der Waals surface area contributed by atoms with Crippen LogP contribution in [0.4, 0.5) is 0 Å². The molecule has 1 aliphatic carbocycles. The van der Waals surface area contributed by atoms with Crippen LogP contribution < -0.4 is 18.9 Å². The Kier molecular flexibility index (Phi) is 4.90. The highest BCUT2D eigenvalue weighted by Crippen LogP contribution is 2.45. The van der Waals surface area contributed by atoms with Gasteiger partial charge in [0, 0.05) is 11.0 Å². The van der Waals surface area contributed by atoms with Crippen molar-refractivity contribution in [2.24, 2.45) is 0 Å². The molecule has 0 N–H and O–H groups in total. The highest BCUT2D eigenvalue weighted by Gasteiger charge is 2.24. The van der Waals surface area contributed by atoms with E-state index in [9.17, 15) is 0 Å². The lowest BCUT2D eigenvalue weighted by atomic mass is 9.84. The molecule has 0 bridgehead atoms. The van der Waals surface area contributed by atoms with Crippen LogP contribution >= 0.6 is 0 Å². The van der Waals surface area contributed by atoms with Crippen LogP contribution in [0, 0.1) is 0 Å². The Labute approximate surface area is 164 Å². The Balaban J connectivity index is 1.92. The van der Waals surface area contributed by atoms with Crippen LogP contribution in [0.15, 0.2) is 46.4 Å². The molecule has 0 spiro atoms. The van der Waals surface area contributed by atoms with Gasteiger partial charge in [-0.25, -0.2) is 0 Å². The molecule has 1 saturated carbocycles. The summed E-state index contributed by atoms with van der Waals surface area (Å²) in [6, 6.07) is 11.9. The number of furan rings is 1. The highest BCUT2D eigenvalue weighted by molar-refractivity contribution is 5.91. The summed E-state index contributed by atoms with van der Waals surface area (Å²) in [4.78, 5) is 0. The van der Waals surface area contributed by atoms with Crippen LogP contribution in [-0.2, 0) is 0 Å². The lowest BCUT2D eigenvalue weighted by Crippen LogP contribution is -2.04. The minimum Gasteiger partial charge on any atom is -0.493 e. The zero-order valence-electron chi connectivity index (χ0n) is 16.6. The maximum Gasteiger partial charge on any atom is 0.203 e. The Morgan fingerprint density at radius 1 is 0.821 bits per heavy atom. The molecule has 5 heteroatoms. The van der Waals surface area contributed by atoms with Gasteiger partial charge >= 0.3 is 0 Å². The average Bonchev–Trinajstić information content (AvgIpc) is 3.12. The number of benzene rings is 2. The first kappa shape index (κ1) is 18.3. The first-order valence-electron chi connectivity index (χ1n) is 9.29. The lowest BCUT2D eigenvalue weighted by Gasteiger charge is -2.22. The molecule has 0 saturated heterocycles. The van der Waals surface area contributed by atoms with Gasteiger partial charge in [0.15, 0.2) is 22.8 Å². The van der Waals surface area contributed by atoms with Gasteiger partial charge in [-0.05, 0) is 49.1 Å². The zero-order valence-corrected chi connectivity index (χ0v) is 16.6. The summed E-state index contributed by atoms with van der Waals surface area (Å²) in [5.41, 5.74) is 4.20. The molecule has 146 valence electrons. The van der Waals surface area contributed by atoms with Crippen LogP contribution in [0.5, 0.6) is 23.0 Å². The number of methoxy groups -OCH3 is 4. The normalized spacial score (nSPS) is 13.2. The lowest BCUT2D eigenvalue weighted by molar-refractivity contribution is 0.324. The minimum absolute atomic E-state index is 0.581. The van der Waals surface area contributed by atoms with Crippen molar-refractivity contribution in [2.75, 3.05) is 28.4 Å². The molecule has 0 amide bonds. The summed E-state index contributed by atoms with van der Waals surface area (Å²) in [5, 5.41) is 1.01. The largest absolute Gasteiger partial charge is 0.493 e. The maximum atomic E-state index is 6.27. The second kappa shape index (κ2) is 7.50. The number of para-hydroxylation sites is 1. The Bertz CT molecular complexity index is 1010. The van der Waals surface area contributed by atoms with Gasteiger partial charge in [0.1, 0.15) is 5.76 Å². The summed E-state index contributed by atoms with van der Waals surface area (Å²) < 4.78 is 28.3. The summed E-state index contributed by atoms with van der Waals surface area (Å²) in [6.45, 7) is 0. The first-order valence-corrected chi connectivity index (χ1v) is 9.29. The third kappa shape index (κ3) is 2.97. The van der Waals surface area contributed by atoms with Gasteiger partial charge in [-0.3, -0.25) is 0 Å². The summed E-state index contributed by atoms with van der Waals surface area (Å²) >= 11 is 0. The third-order valence-corrected chi connectivity index (χ3v) is 5.24. The third-order valence-electron chi connectivity index (χ3n) is 5.24. The van der Waals surface area contributed by atoms with Crippen LogP contribution in [-0.4, -0.2) is 28.4 Å². The van der Waals surface area contributed by atoms with Gasteiger partial charge in [-0.2, -0.15) is 0 Å². The fourth-order valence-corrected chi connectivity index (χ4v) is 3.67. The second-order valence-electron chi connectivity index (χ2n) is 6.74. The number of fused-ring (bicyclic) bond motifs is 1. The number of hydrogen-bond donors (Lipinski definition) is 0. The molecular formula is C23H24O5. The number of allylic oxidation sites excluding steroid dienone is 1. The quantitative estimate of drug-likeness (QED) is 0.569. The van der Waals surface area contributed by atoms with Crippen molar-refractivity contribution in [1.82, 2.24) is 0 Å². The predicted octanol–water partition coefficient (Wildman–Crippen LogP) is 5.45. The SMILES string of the molecule is COc1cc(C(=C2CCC2)c2cc3cccc(OC)c3o2)cc(OC)c1OC. The van der Waals surface area contributed by atoms with E-state index < -0.39 is 0 Å². The molecule has 3 aromatic rings. The van der Waals surface area contributed by atoms with E-state index in [0.717, 1.165) is 46.5 Å². The first-order chi connectivity index (χ1) is 13.7. The van der Waals surface area contributed by atoms with Crippen molar-refractivity contribution >= 4 is 16.5 Å². The van der Waals surface area contributed by atoms with Crippen LogP contribution in [0.2, 0.25) is 0 Å². The van der Waals surface area contributed by atoms with Crippen molar-refractivity contribution in [3.05, 3.63) is 53.3 Å². The molecule has 1 aliphatic rings. The number of rotatable bonds is 6. The van der Waals surface area contributed by atoms with E-state index in [0.29, 0.717) is 17.2 Å². The summed E-state index contributed by atoms with van der Waals surface area (Å²) in [7, 11) is 6.52. The van der Waals surface area contributed by atoms with Crippen molar-refractivity contribution < 1.29 is 23.4 Å². The molecule has 1 fully saturated rings. The van der Waals surface area contributed by atoms with Gasteiger partial charge in [0.05, 0.1) is 28.4 Å². The smallest absolute Gasteiger partial charge is 0.203 e. The molecule has 1 aromatic heterocycles. The van der Waals surface area contributed by atoms with E-state index in [4.69, 9.17) is 23.4 Å². The van der Waals surface area contributed by atoms with Crippen molar-refractivity contribution in [3.63, 3.8) is 0 Å². The molecular weight excluding hydrogens is 356 g/mol. The number of ether oxygens (including phenoxy) is 4. The predicted molar refractivity (Wildman–Crippen MR) is 109 cm³/mol. The molecule has 0 radical (unpaired) electrons. The van der Waals surface area contributed by atoms with E-state index in [2.05, 4.69) is 6.07 Å². The van der Waals surface area contributed by atoms with Gasteiger partial charge in [-0.15, -0.1) is 0 Å². The molecule has 2 aromatic carbocycles. The van der Waals surface area contributed by atoms with E-state index in [1.807, 2.05) is 30.3 Å². The summed E-state index contributed by atoms with van der Waals surface area (Å²) in [5.74, 6) is 3.39. The highest BCUT2D eigenvalue weighted by atomic mass is 16.5. The Morgan fingerprint density at radius 3 is 2.04 bits per heavy atom. The van der Waals surface area contributed by atoms with Gasteiger partial charge in [-0.1, -0.05) is 17.7 Å². The molecule has 4 rings (SSSR count). The minimum atomic E-state index is 0.581. The van der Waals surface area contributed by atoms with Crippen LogP contribution in [0.25, 0.3) is 16.5 Å². The molecule has 28 heavy (non-hydrogen) atoms. The zero-order chi connectivity index (χ0) is 19.7. The van der Waals surface area contributed by atoms with Crippen molar-refractivity contribution in [3.8, 4) is 23.0 Å². The standard InChI is InChI=1S/C23H24O5/c1-24-17-10-6-9-15-11-18(28-22(15)17)21(14-7-5-8-14)16-12-19(25-2)23(27-4)20(13-16)26-3/h6,9-13H,5,7-8H2,1-4H3. The topological polar surface area (TPSA) is 50.1 Å². The van der Waals surface area contributed by atoms with E-state index in [1.54, 1.807) is 28.4 Å². The molecule has 0 aliphatic heterocycles. The maximum absolute atomic E-state index is 6.27. The fraction of sp³-hybridized carbons (Fsp3) is 0.304. The Morgan fingerprint density at radius 2 is 1.50 bits per heavy atom. The average molecular weight is 380 g/mol. The molecule has 0 unspecified atom stereocenters. The molecule has 0 atom stereocenters. The fourth-order valence-electron chi connectivity index (χ4n) is 3.67.